The molecule has 3 heteroatoms. The van der Waals surface area contributed by atoms with Crippen LogP contribution in [0.3, 0.4) is 0 Å². The number of hydrogen-bond acceptors (Lipinski definition) is 1. The molecule has 0 heterocycles. The molecular formula is C11H14BrNO. The molecule has 1 atom stereocenters. The van der Waals surface area contributed by atoms with Crippen molar-refractivity contribution in [1.82, 2.24) is 5.32 Å². The quantitative estimate of drug-likeness (QED) is 0.821. The van der Waals surface area contributed by atoms with E-state index >= 15 is 0 Å². The van der Waals surface area contributed by atoms with Crippen LogP contribution in [0.2, 0.25) is 0 Å². The Morgan fingerprint density at radius 3 is 2.64 bits per heavy atom. The molecule has 0 saturated carbocycles. The van der Waals surface area contributed by atoms with Gasteiger partial charge in [0.05, 0.1) is 6.42 Å². The Kier molecular flexibility index (Phi) is 4.66. The fourth-order valence-corrected chi connectivity index (χ4v) is 1.31. The summed E-state index contributed by atoms with van der Waals surface area (Å²) in [6.07, 6.45) is 0.457. The number of hydrogen-bond donors (Lipinski definition) is 1. The van der Waals surface area contributed by atoms with E-state index in [1.54, 1.807) is 0 Å². The Morgan fingerprint density at radius 2 is 2.07 bits per heavy atom. The lowest BCUT2D eigenvalue weighted by atomic mass is 10.1. The molecular weight excluding hydrogens is 242 g/mol. The molecule has 1 N–H and O–H groups in total. The van der Waals surface area contributed by atoms with Gasteiger partial charge in [0, 0.05) is 11.4 Å². The van der Waals surface area contributed by atoms with Crippen molar-refractivity contribution in [3.63, 3.8) is 0 Å². The minimum absolute atomic E-state index is 0.0724. The van der Waals surface area contributed by atoms with Gasteiger partial charge in [-0.1, -0.05) is 46.3 Å². The monoisotopic (exact) mass is 255 g/mol. The average molecular weight is 256 g/mol. The minimum atomic E-state index is 0.0724. The lowest BCUT2D eigenvalue weighted by Gasteiger charge is -2.10. The van der Waals surface area contributed by atoms with Crippen LogP contribution >= 0.6 is 15.9 Å². The zero-order valence-corrected chi connectivity index (χ0v) is 9.75. The number of benzene rings is 1. The van der Waals surface area contributed by atoms with Gasteiger partial charge in [0.15, 0.2) is 0 Å². The van der Waals surface area contributed by atoms with Gasteiger partial charge in [-0.05, 0) is 12.5 Å². The highest BCUT2D eigenvalue weighted by molar-refractivity contribution is 9.09. The van der Waals surface area contributed by atoms with Gasteiger partial charge < -0.3 is 5.32 Å². The third-order valence-electron chi connectivity index (χ3n) is 1.85. The van der Waals surface area contributed by atoms with Crippen LogP contribution < -0.4 is 5.32 Å². The molecule has 0 aliphatic carbocycles. The number of rotatable bonds is 4. The Labute approximate surface area is 92.8 Å². The zero-order chi connectivity index (χ0) is 10.4. The Morgan fingerprint density at radius 1 is 1.43 bits per heavy atom. The minimum Gasteiger partial charge on any atom is -0.353 e. The summed E-state index contributed by atoms with van der Waals surface area (Å²) < 4.78 is 0. The van der Waals surface area contributed by atoms with Crippen molar-refractivity contribution in [3.05, 3.63) is 35.9 Å². The molecule has 0 bridgehead atoms. The molecule has 76 valence electrons. The summed E-state index contributed by atoms with van der Waals surface area (Å²) in [5.41, 5.74) is 1.05. The van der Waals surface area contributed by atoms with E-state index in [0.29, 0.717) is 6.42 Å². The van der Waals surface area contributed by atoms with E-state index in [9.17, 15) is 4.79 Å². The summed E-state index contributed by atoms with van der Waals surface area (Å²) in [5, 5.41) is 3.68. The number of carbonyl (C=O) groups is 1. The number of alkyl halides is 1. The first-order valence-electron chi connectivity index (χ1n) is 4.61. The van der Waals surface area contributed by atoms with Gasteiger partial charge in [0.2, 0.25) is 5.91 Å². The molecule has 1 unspecified atom stereocenters. The summed E-state index contributed by atoms with van der Waals surface area (Å²) in [6, 6.07) is 9.93. The highest BCUT2D eigenvalue weighted by Crippen LogP contribution is 1.99. The second kappa shape index (κ2) is 5.81. The fourth-order valence-electron chi connectivity index (χ4n) is 1.15. The van der Waals surface area contributed by atoms with E-state index in [-0.39, 0.29) is 11.9 Å². The molecule has 0 saturated heterocycles. The first-order valence-corrected chi connectivity index (χ1v) is 5.73. The van der Waals surface area contributed by atoms with Crippen LogP contribution in [0.4, 0.5) is 0 Å². The van der Waals surface area contributed by atoms with Gasteiger partial charge in [-0.15, -0.1) is 0 Å². The lowest BCUT2D eigenvalue weighted by molar-refractivity contribution is -0.120. The summed E-state index contributed by atoms with van der Waals surface area (Å²) in [5.74, 6) is 0.0724. The first kappa shape index (κ1) is 11.2. The predicted molar refractivity (Wildman–Crippen MR) is 61.5 cm³/mol. The molecule has 1 aromatic carbocycles. The van der Waals surface area contributed by atoms with Gasteiger partial charge in [-0.25, -0.2) is 0 Å². The van der Waals surface area contributed by atoms with Gasteiger partial charge in [0.1, 0.15) is 0 Å². The average Bonchev–Trinajstić information content (AvgIpc) is 2.19. The molecule has 0 fully saturated rings. The Bertz CT molecular complexity index is 287. The summed E-state index contributed by atoms with van der Waals surface area (Å²) in [7, 11) is 0. The molecule has 0 aliphatic rings. The van der Waals surface area contributed by atoms with Crippen molar-refractivity contribution in [3.8, 4) is 0 Å². The van der Waals surface area contributed by atoms with Gasteiger partial charge in [-0.3, -0.25) is 4.79 Å². The predicted octanol–water partition coefficient (Wildman–Crippen LogP) is 2.13. The Balaban J connectivity index is 2.42. The largest absolute Gasteiger partial charge is 0.353 e. The lowest BCUT2D eigenvalue weighted by Crippen LogP contribution is -2.34. The van der Waals surface area contributed by atoms with Crippen molar-refractivity contribution in [2.75, 3.05) is 5.33 Å². The van der Waals surface area contributed by atoms with E-state index < -0.39 is 0 Å². The summed E-state index contributed by atoms with van der Waals surface area (Å²) in [4.78, 5) is 11.4. The highest BCUT2D eigenvalue weighted by atomic mass is 79.9. The third-order valence-corrected chi connectivity index (χ3v) is 2.82. The molecule has 0 aliphatic heterocycles. The summed E-state index contributed by atoms with van der Waals surface area (Å²) >= 11 is 3.31. The first-order chi connectivity index (χ1) is 6.72. The van der Waals surface area contributed by atoms with E-state index in [4.69, 9.17) is 0 Å². The van der Waals surface area contributed by atoms with Crippen molar-refractivity contribution >= 4 is 21.8 Å². The van der Waals surface area contributed by atoms with E-state index in [0.717, 1.165) is 10.9 Å². The van der Waals surface area contributed by atoms with Crippen LogP contribution in [0, 0.1) is 0 Å². The van der Waals surface area contributed by atoms with Gasteiger partial charge >= 0.3 is 0 Å². The van der Waals surface area contributed by atoms with E-state index in [1.807, 2.05) is 37.3 Å². The van der Waals surface area contributed by atoms with Crippen LogP contribution in [-0.4, -0.2) is 17.3 Å². The topological polar surface area (TPSA) is 29.1 Å². The Hall–Kier alpha value is -0.830. The molecule has 0 aromatic heterocycles. The number of nitrogens with one attached hydrogen (secondary N) is 1. The van der Waals surface area contributed by atoms with E-state index in [2.05, 4.69) is 21.2 Å². The molecule has 1 aromatic rings. The maximum absolute atomic E-state index is 11.4. The number of amides is 1. The maximum atomic E-state index is 11.4. The molecule has 1 rings (SSSR count). The highest BCUT2D eigenvalue weighted by Gasteiger charge is 2.05. The summed E-state index contributed by atoms with van der Waals surface area (Å²) in [6.45, 7) is 1.97. The van der Waals surface area contributed by atoms with Crippen LogP contribution in [0.25, 0.3) is 0 Å². The van der Waals surface area contributed by atoms with Gasteiger partial charge in [0.25, 0.3) is 0 Å². The normalized spacial score (nSPS) is 12.1. The van der Waals surface area contributed by atoms with E-state index in [1.165, 1.54) is 0 Å². The second-order valence-electron chi connectivity index (χ2n) is 3.29. The van der Waals surface area contributed by atoms with Gasteiger partial charge in [-0.2, -0.15) is 0 Å². The van der Waals surface area contributed by atoms with Crippen LogP contribution in [0.15, 0.2) is 30.3 Å². The molecule has 0 spiro atoms. The van der Waals surface area contributed by atoms with Crippen LogP contribution in [0.5, 0.6) is 0 Å². The van der Waals surface area contributed by atoms with Crippen LogP contribution in [0.1, 0.15) is 12.5 Å². The molecule has 1 amide bonds. The zero-order valence-electron chi connectivity index (χ0n) is 8.16. The third kappa shape index (κ3) is 3.92. The molecule has 14 heavy (non-hydrogen) atoms. The van der Waals surface area contributed by atoms with Crippen molar-refractivity contribution < 1.29 is 4.79 Å². The smallest absolute Gasteiger partial charge is 0.224 e. The molecule has 0 radical (unpaired) electrons. The SMILES string of the molecule is CC(CBr)NC(=O)Cc1ccccc1. The number of halogens is 1. The maximum Gasteiger partial charge on any atom is 0.224 e. The fraction of sp³-hybridized carbons (Fsp3) is 0.364. The number of carbonyl (C=O) groups excluding carboxylic acids is 1. The molecule has 2 nitrogen and oxygen atoms in total. The van der Waals surface area contributed by atoms with Crippen molar-refractivity contribution in [1.29, 1.82) is 0 Å². The van der Waals surface area contributed by atoms with Crippen molar-refractivity contribution in [2.24, 2.45) is 0 Å². The second-order valence-corrected chi connectivity index (χ2v) is 3.93. The van der Waals surface area contributed by atoms with Crippen LogP contribution in [-0.2, 0) is 11.2 Å². The van der Waals surface area contributed by atoms with Crippen molar-refractivity contribution in [2.45, 2.75) is 19.4 Å². The standard InChI is InChI=1S/C11H14BrNO/c1-9(8-12)13-11(14)7-10-5-3-2-4-6-10/h2-6,9H,7-8H2,1H3,(H,13,14).